The molecular weight excluding hydrogens is 362 g/mol. The maximum absolute atomic E-state index is 13.2. The second-order valence-electron chi connectivity index (χ2n) is 8.82. The smallest absolute Gasteiger partial charge is 0.343 e. The molecule has 4 rings (SSSR count). The van der Waals surface area contributed by atoms with Crippen molar-refractivity contribution in [3.63, 3.8) is 0 Å². The van der Waals surface area contributed by atoms with Crippen LogP contribution < -0.4 is 0 Å². The number of ether oxygens (including phenoxy) is 3. The summed E-state index contributed by atoms with van der Waals surface area (Å²) >= 11 is 0. The van der Waals surface area contributed by atoms with Gasteiger partial charge in [0.15, 0.2) is 11.6 Å². The van der Waals surface area contributed by atoms with Crippen LogP contribution in [0.4, 0.5) is 0 Å². The Morgan fingerprint density at radius 2 is 1.82 bits per heavy atom. The highest BCUT2D eigenvalue weighted by atomic mass is 16.7. The highest BCUT2D eigenvalue weighted by Crippen LogP contribution is 2.55. The van der Waals surface area contributed by atoms with E-state index < -0.39 is 42.0 Å². The van der Waals surface area contributed by atoms with Crippen LogP contribution in [0.25, 0.3) is 0 Å². The number of ketones is 2. The average molecular weight is 389 g/mol. The van der Waals surface area contributed by atoms with E-state index in [1.165, 1.54) is 0 Å². The lowest BCUT2D eigenvalue weighted by atomic mass is 9.77. The van der Waals surface area contributed by atoms with Crippen LogP contribution in [0.5, 0.6) is 0 Å². The Morgan fingerprint density at radius 3 is 2.39 bits per heavy atom. The molecule has 0 aromatic carbocycles. The fourth-order valence-electron chi connectivity index (χ4n) is 5.10. The number of hydrogen-bond acceptors (Lipinski definition) is 7. The molecule has 28 heavy (non-hydrogen) atoms. The first-order chi connectivity index (χ1) is 13.1. The lowest BCUT2D eigenvalue weighted by molar-refractivity contribution is -0.152. The third kappa shape index (κ3) is 2.56. The van der Waals surface area contributed by atoms with Crippen LogP contribution in [0, 0.1) is 5.92 Å². The van der Waals surface area contributed by atoms with E-state index in [2.05, 4.69) is 6.58 Å². The molecule has 0 radical (unpaired) electrons. The first-order valence-electron chi connectivity index (χ1n) is 9.69. The second-order valence-corrected chi connectivity index (χ2v) is 8.82. The minimum atomic E-state index is -1.18. The van der Waals surface area contributed by atoms with Crippen molar-refractivity contribution in [3.05, 3.63) is 23.3 Å². The maximum atomic E-state index is 13.2. The fraction of sp³-hybridized carbons (Fsp3) is 0.667. The van der Waals surface area contributed by atoms with Gasteiger partial charge in [0.05, 0.1) is 12.1 Å². The van der Waals surface area contributed by atoms with Gasteiger partial charge in [-0.3, -0.25) is 14.5 Å². The summed E-state index contributed by atoms with van der Waals surface area (Å²) in [5, 5.41) is 0. The van der Waals surface area contributed by atoms with Crippen LogP contribution in [0.1, 0.15) is 33.6 Å². The van der Waals surface area contributed by atoms with Gasteiger partial charge in [-0.1, -0.05) is 17.7 Å². The molecule has 152 valence electrons. The molecule has 1 spiro atoms. The summed E-state index contributed by atoms with van der Waals surface area (Å²) in [6.07, 6.45) is -2.39. The molecule has 0 amide bonds. The van der Waals surface area contributed by atoms with Gasteiger partial charge < -0.3 is 14.2 Å². The van der Waals surface area contributed by atoms with Gasteiger partial charge in [-0.25, -0.2) is 4.79 Å². The molecule has 4 bridgehead atoms. The molecule has 4 aliphatic rings. The topological polar surface area (TPSA) is 85.4 Å². The van der Waals surface area contributed by atoms with E-state index in [1.807, 2.05) is 39.8 Å². The minimum Gasteiger partial charge on any atom is -0.453 e. The van der Waals surface area contributed by atoms with Gasteiger partial charge >= 0.3 is 5.97 Å². The molecular formula is C21H27NO6. The Bertz CT molecular complexity index is 810. The molecule has 7 nitrogen and oxygen atoms in total. The molecule has 0 saturated carbocycles. The van der Waals surface area contributed by atoms with Crippen molar-refractivity contribution >= 4 is 17.5 Å². The van der Waals surface area contributed by atoms with Crippen molar-refractivity contribution in [3.8, 4) is 0 Å². The molecule has 4 aliphatic heterocycles. The Balaban J connectivity index is 1.86. The number of carbonyl (C=O) groups excluding carboxylic acids is 3. The van der Waals surface area contributed by atoms with Crippen molar-refractivity contribution in [1.82, 2.24) is 4.90 Å². The van der Waals surface area contributed by atoms with Gasteiger partial charge in [-0.15, -0.1) is 0 Å². The summed E-state index contributed by atoms with van der Waals surface area (Å²) in [6.45, 7) is 9.49. The Hall–Kier alpha value is -1.83. The van der Waals surface area contributed by atoms with Gasteiger partial charge in [0, 0.05) is 24.3 Å². The lowest BCUT2D eigenvalue weighted by Crippen LogP contribution is -2.54. The largest absolute Gasteiger partial charge is 0.453 e. The number of fused-ring (bicyclic) bond motifs is 4. The number of epoxide rings is 1. The SMILES string of the molecule is C=C(C)[C@H]1CC(=O)C2CC(=O)C(=C(C)C)[C@@H]3OC(=O)[C@@]4(O[C@H]4[C@H]1O2)[C@H]3N(C)C. The van der Waals surface area contributed by atoms with Crippen molar-refractivity contribution in [2.45, 2.75) is 69.7 Å². The molecule has 0 aromatic heterocycles. The van der Waals surface area contributed by atoms with Gasteiger partial charge in [0.25, 0.3) is 0 Å². The molecule has 0 N–H and O–H groups in total. The standard InChI is InChI=1S/C21H27NO6/c1-9(2)11-7-12(23)14-8-13(24)15(10(3)4)17-18(22(5)6)21(20(25)27-17)19(28-21)16(11)26-14/h11,14,16-19H,1,7-8H2,2-6H3/t11-,14?,16+,17+,18+,19+,21-/m1/s1. The number of nitrogens with zero attached hydrogens (tertiary/aromatic N) is 1. The van der Waals surface area contributed by atoms with Gasteiger partial charge in [-0.05, 0) is 34.9 Å². The van der Waals surface area contributed by atoms with Crippen LogP contribution in [-0.4, -0.2) is 72.6 Å². The van der Waals surface area contributed by atoms with Crippen LogP contribution in [0.15, 0.2) is 23.3 Å². The second kappa shape index (κ2) is 6.34. The maximum Gasteiger partial charge on any atom is 0.343 e. The molecule has 7 heteroatoms. The third-order valence-electron chi connectivity index (χ3n) is 6.45. The Kier molecular flexibility index (Phi) is 4.41. The summed E-state index contributed by atoms with van der Waals surface area (Å²) in [6, 6.07) is -0.442. The van der Waals surface area contributed by atoms with Crippen molar-refractivity contribution in [2.75, 3.05) is 14.1 Å². The van der Waals surface area contributed by atoms with Gasteiger partial charge in [0.2, 0.25) is 5.60 Å². The summed E-state index contributed by atoms with van der Waals surface area (Å²) < 4.78 is 17.9. The number of likely N-dealkylation sites (N-methyl/N-ethyl adjacent to an activating group) is 1. The summed E-state index contributed by atoms with van der Waals surface area (Å²) in [4.78, 5) is 40.7. The molecule has 7 atom stereocenters. The van der Waals surface area contributed by atoms with E-state index in [-0.39, 0.29) is 30.3 Å². The molecule has 4 saturated heterocycles. The van der Waals surface area contributed by atoms with Gasteiger partial charge in [-0.2, -0.15) is 0 Å². The summed E-state index contributed by atoms with van der Waals surface area (Å²) in [5.74, 6) is -1.04. The van der Waals surface area contributed by atoms with Gasteiger partial charge in [0.1, 0.15) is 18.3 Å². The van der Waals surface area contributed by atoms with E-state index in [9.17, 15) is 14.4 Å². The van der Waals surface area contributed by atoms with Crippen LogP contribution >= 0.6 is 0 Å². The number of hydrogen-bond donors (Lipinski definition) is 0. The molecule has 1 unspecified atom stereocenters. The third-order valence-corrected chi connectivity index (χ3v) is 6.45. The van der Waals surface area contributed by atoms with Crippen LogP contribution in [-0.2, 0) is 28.6 Å². The zero-order chi connectivity index (χ0) is 20.5. The molecule has 4 heterocycles. The van der Waals surface area contributed by atoms with Crippen LogP contribution in [0.2, 0.25) is 0 Å². The van der Waals surface area contributed by atoms with E-state index in [4.69, 9.17) is 14.2 Å². The zero-order valence-corrected chi connectivity index (χ0v) is 17.0. The predicted molar refractivity (Wildman–Crippen MR) is 99.5 cm³/mol. The summed E-state index contributed by atoms with van der Waals surface area (Å²) in [5.41, 5.74) is 0.828. The fourth-order valence-corrected chi connectivity index (χ4v) is 5.10. The van der Waals surface area contributed by atoms with E-state index in [1.54, 1.807) is 0 Å². The van der Waals surface area contributed by atoms with E-state index >= 15 is 0 Å². The predicted octanol–water partition coefficient (Wildman–Crippen LogP) is 1.21. The monoisotopic (exact) mass is 389 g/mol. The average Bonchev–Trinajstić information content (AvgIpc) is 3.24. The number of carbonyl (C=O) groups is 3. The first-order valence-corrected chi connectivity index (χ1v) is 9.69. The molecule has 4 fully saturated rings. The van der Waals surface area contributed by atoms with Crippen molar-refractivity contribution < 1.29 is 28.6 Å². The lowest BCUT2D eigenvalue weighted by Gasteiger charge is -2.37. The number of rotatable bonds is 2. The first kappa shape index (κ1) is 19.5. The Morgan fingerprint density at radius 1 is 1.14 bits per heavy atom. The van der Waals surface area contributed by atoms with Crippen molar-refractivity contribution in [2.24, 2.45) is 5.92 Å². The van der Waals surface area contributed by atoms with Crippen LogP contribution in [0.3, 0.4) is 0 Å². The molecule has 0 aliphatic carbocycles. The summed E-state index contributed by atoms with van der Waals surface area (Å²) in [7, 11) is 3.70. The number of Topliss-reactive ketones (excluding diaryl/α,β-unsaturated/α-hetero) is 2. The Labute approximate surface area is 164 Å². The zero-order valence-electron chi connectivity index (χ0n) is 17.0. The van der Waals surface area contributed by atoms with Crippen molar-refractivity contribution in [1.29, 1.82) is 0 Å². The quantitative estimate of drug-likeness (QED) is 0.304. The number of esters is 1. The highest BCUT2D eigenvalue weighted by Gasteiger charge is 2.78. The van der Waals surface area contributed by atoms with E-state index in [0.29, 0.717) is 5.57 Å². The normalized spacial score (nSPS) is 42.2. The van der Waals surface area contributed by atoms with E-state index in [0.717, 1.165) is 11.1 Å². The number of allylic oxidation sites excluding steroid dienone is 1. The molecule has 0 aromatic rings. The minimum absolute atomic E-state index is 0.0489. The highest BCUT2D eigenvalue weighted by molar-refractivity contribution is 6.02.